The Morgan fingerprint density at radius 1 is 1.17 bits per heavy atom. The molecule has 1 heterocycles. The second kappa shape index (κ2) is 7.69. The van der Waals surface area contributed by atoms with Gasteiger partial charge in [-0.15, -0.1) is 6.58 Å². The average molecular weight is 250 g/mol. The molecule has 4 nitrogen and oxygen atoms in total. The maximum absolute atomic E-state index is 11.7. The van der Waals surface area contributed by atoms with E-state index < -0.39 is 0 Å². The van der Waals surface area contributed by atoms with E-state index in [2.05, 4.69) is 6.58 Å². The van der Waals surface area contributed by atoms with Crippen LogP contribution in [0.2, 0.25) is 0 Å². The molecule has 1 aliphatic rings. The van der Waals surface area contributed by atoms with Crippen molar-refractivity contribution < 1.29 is 9.59 Å². The van der Waals surface area contributed by atoms with Gasteiger partial charge in [-0.25, -0.2) is 0 Å². The lowest BCUT2D eigenvalue weighted by Crippen LogP contribution is -2.51. The van der Waals surface area contributed by atoms with Crippen LogP contribution in [0.25, 0.3) is 0 Å². The first kappa shape index (κ1) is 14.5. The first-order valence-corrected chi connectivity index (χ1v) is 6.46. The molecule has 2 amide bonds. The van der Waals surface area contributed by atoms with Crippen LogP contribution in [0.15, 0.2) is 24.8 Å². The van der Waals surface area contributed by atoms with Gasteiger partial charge in [0.05, 0.1) is 6.67 Å². The van der Waals surface area contributed by atoms with Crippen molar-refractivity contribution in [1.82, 2.24) is 9.80 Å². The minimum atomic E-state index is -0.0514. The Kier molecular flexibility index (Phi) is 6.19. The van der Waals surface area contributed by atoms with Crippen LogP contribution in [0.4, 0.5) is 0 Å². The third-order valence-electron chi connectivity index (χ3n) is 2.99. The van der Waals surface area contributed by atoms with Crippen molar-refractivity contribution in [3.8, 4) is 0 Å². The molecule has 0 spiro atoms. The van der Waals surface area contributed by atoms with Crippen LogP contribution in [0.3, 0.4) is 0 Å². The Morgan fingerprint density at radius 3 is 2.44 bits per heavy atom. The largest absolute Gasteiger partial charge is 0.324 e. The Balaban J connectivity index is 2.46. The molecule has 0 unspecified atom stereocenters. The standard InChI is InChI=1S/C14H22N2O2/c1-3-5-7-9-15-12-16(10-8-6-4-2)14(18)11-13(15)17/h3-4,6H,1,5,7-12H2,2H3. The molecule has 0 aromatic heterocycles. The Bertz CT molecular complexity index is 337. The van der Waals surface area contributed by atoms with Crippen molar-refractivity contribution in [3.63, 3.8) is 0 Å². The third-order valence-corrected chi connectivity index (χ3v) is 2.99. The van der Waals surface area contributed by atoms with Crippen molar-refractivity contribution in [2.75, 3.05) is 19.8 Å². The summed E-state index contributed by atoms with van der Waals surface area (Å²) in [5, 5.41) is 0. The van der Waals surface area contributed by atoms with Crippen LogP contribution in [0.5, 0.6) is 0 Å². The fourth-order valence-corrected chi connectivity index (χ4v) is 1.93. The second-order valence-electron chi connectivity index (χ2n) is 4.42. The van der Waals surface area contributed by atoms with Crippen LogP contribution >= 0.6 is 0 Å². The van der Waals surface area contributed by atoms with Crippen LogP contribution in [-0.4, -0.2) is 41.4 Å². The van der Waals surface area contributed by atoms with Gasteiger partial charge in [0, 0.05) is 13.1 Å². The number of nitrogens with zero attached hydrogens (tertiary/aromatic N) is 2. The first-order chi connectivity index (χ1) is 8.69. The number of hydrogen-bond donors (Lipinski definition) is 0. The van der Waals surface area contributed by atoms with E-state index in [0.717, 1.165) is 19.3 Å². The molecule has 1 saturated heterocycles. The topological polar surface area (TPSA) is 40.6 Å². The Hall–Kier alpha value is -1.58. The number of hydrogen-bond acceptors (Lipinski definition) is 2. The molecule has 0 aliphatic carbocycles. The summed E-state index contributed by atoms with van der Waals surface area (Å²) in [5.41, 5.74) is 0. The number of carbonyl (C=O) groups is 2. The first-order valence-electron chi connectivity index (χ1n) is 6.46. The van der Waals surface area contributed by atoms with E-state index >= 15 is 0 Å². The molecular weight excluding hydrogens is 228 g/mol. The summed E-state index contributed by atoms with van der Waals surface area (Å²) in [7, 11) is 0. The predicted molar refractivity (Wildman–Crippen MR) is 71.8 cm³/mol. The van der Waals surface area contributed by atoms with E-state index in [1.165, 1.54) is 0 Å². The third kappa shape index (κ3) is 4.35. The Labute approximate surface area is 109 Å². The number of allylic oxidation sites excluding steroid dienone is 2. The smallest absolute Gasteiger partial charge is 0.233 e. The van der Waals surface area contributed by atoms with Gasteiger partial charge in [0.2, 0.25) is 11.8 Å². The molecule has 0 saturated carbocycles. The molecule has 100 valence electrons. The predicted octanol–water partition coefficient (Wildman–Crippen LogP) is 1.94. The summed E-state index contributed by atoms with van der Waals surface area (Å²) in [6.07, 6.45) is 8.53. The highest BCUT2D eigenvalue weighted by Gasteiger charge is 2.28. The molecule has 0 N–H and O–H groups in total. The zero-order chi connectivity index (χ0) is 13.4. The minimum Gasteiger partial charge on any atom is -0.324 e. The van der Waals surface area contributed by atoms with E-state index in [1.54, 1.807) is 9.80 Å². The molecule has 1 aliphatic heterocycles. The summed E-state index contributed by atoms with van der Waals surface area (Å²) in [4.78, 5) is 26.9. The van der Waals surface area contributed by atoms with E-state index in [9.17, 15) is 9.59 Å². The fraction of sp³-hybridized carbons (Fsp3) is 0.571. The highest BCUT2D eigenvalue weighted by atomic mass is 16.2. The van der Waals surface area contributed by atoms with Gasteiger partial charge in [-0.1, -0.05) is 18.2 Å². The van der Waals surface area contributed by atoms with E-state index in [1.807, 2.05) is 25.2 Å². The SMILES string of the molecule is C=CCCCN1CN(CCC=CC)C(=O)CC1=O. The Morgan fingerprint density at radius 2 is 1.83 bits per heavy atom. The maximum atomic E-state index is 11.7. The van der Waals surface area contributed by atoms with Gasteiger partial charge in [-0.2, -0.15) is 0 Å². The summed E-state index contributed by atoms with van der Waals surface area (Å²) >= 11 is 0. The molecule has 0 bridgehead atoms. The monoisotopic (exact) mass is 250 g/mol. The van der Waals surface area contributed by atoms with Crippen molar-refractivity contribution in [2.45, 2.75) is 32.6 Å². The minimum absolute atomic E-state index is 0.0178. The van der Waals surface area contributed by atoms with Gasteiger partial charge in [-0.05, 0) is 26.2 Å². The molecule has 1 rings (SSSR count). The van der Waals surface area contributed by atoms with E-state index in [-0.39, 0.29) is 18.2 Å². The molecule has 0 radical (unpaired) electrons. The molecule has 0 aromatic rings. The molecule has 4 heteroatoms. The van der Waals surface area contributed by atoms with Crippen LogP contribution < -0.4 is 0 Å². The fourth-order valence-electron chi connectivity index (χ4n) is 1.93. The zero-order valence-corrected chi connectivity index (χ0v) is 11.1. The lowest BCUT2D eigenvalue weighted by molar-refractivity contribution is -0.151. The van der Waals surface area contributed by atoms with Crippen molar-refractivity contribution in [2.24, 2.45) is 0 Å². The lowest BCUT2D eigenvalue weighted by Gasteiger charge is -2.35. The number of carbonyl (C=O) groups excluding carboxylic acids is 2. The van der Waals surface area contributed by atoms with Crippen molar-refractivity contribution in [3.05, 3.63) is 24.8 Å². The lowest BCUT2D eigenvalue weighted by atomic mass is 10.2. The van der Waals surface area contributed by atoms with Crippen LogP contribution in [0.1, 0.15) is 32.6 Å². The average Bonchev–Trinajstić information content (AvgIpc) is 2.34. The number of rotatable bonds is 7. The van der Waals surface area contributed by atoms with E-state index in [0.29, 0.717) is 19.8 Å². The number of amides is 2. The highest BCUT2D eigenvalue weighted by Crippen LogP contribution is 2.11. The van der Waals surface area contributed by atoms with Gasteiger partial charge in [0.1, 0.15) is 6.42 Å². The van der Waals surface area contributed by atoms with Gasteiger partial charge in [0.25, 0.3) is 0 Å². The van der Waals surface area contributed by atoms with Gasteiger partial charge < -0.3 is 9.80 Å². The van der Waals surface area contributed by atoms with Crippen LogP contribution in [-0.2, 0) is 9.59 Å². The summed E-state index contributed by atoms with van der Waals surface area (Å²) in [5.74, 6) is -0.101. The second-order valence-corrected chi connectivity index (χ2v) is 4.42. The molecular formula is C14H22N2O2. The van der Waals surface area contributed by atoms with Crippen molar-refractivity contribution in [1.29, 1.82) is 0 Å². The maximum Gasteiger partial charge on any atom is 0.233 e. The van der Waals surface area contributed by atoms with Crippen molar-refractivity contribution >= 4 is 11.8 Å². The summed E-state index contributed by atoms with van der Waals surface area (Å²) in [6, 6.07) is 0. The van der Waals surface area contributed by atoms with Gasteiger partial charge >= 0.3 is 0 Å². The highest BCUT2D eigenvalue weighted by molar-refractivity contribution is 5.98. The summed E-state index contributed by atoms with van der Waals surface area (Å²) < 4.78 is 0. The molecule has 1 fully saturated rings. The summed E-state index contributed by atoms with van der Waals surface area (Å²) in [6.45, 7) is 7.46. The van der Waals surface area contributed by atoms with Gasteiger partial charge in [0.15, 0.2) is 0 Å². The van der Waals surface area contributed by atoms with E-state index in [4.69, 9.17) is 0 Å². The number of unbranched alkanes of at least 4 members (excludes halogenated alkanes) is 1. The van der Waals surface area contributed by atoms with Crippen LogP contribution in [0, 0.1) is 0 Å². The molecule has 18 heavy (non-hydrogen) atoms. The molecule has 0 aromatic carbocycles. The normalized spacial score (nSPS) is 16.7. The molecule has 0 atom stereocenters. The zero-order valence-electron chi connectivity index (χ0n) is 11.1. The quantitative estimate of drug-likeness (QED) is 0.393. The van der Waals surface area contributed by atoms with Gasteiger partial charge in [-0.3, -0.25) is 9.59 Å².